The number of amides is 1. The molecule has 21 heavy (non-hydrogen) atoms. The lowest BCUT2D eigenvalue weighted by Crippen LogP contribution is -2.24. The molecule has 0 aliphatic rings. The maximum Gasteiger partial charge on any atom is 0.303 e. The van der Waals surface area contributed by atoms with E-state index in [9.17, 15) is 14.7 Å². The lowest BCUT2D eigenvalue weighted by molar-refractivity contribution is -0.137. The minimum absolute atomic E-state index is 0.00762. The minimum Gasteiger partial charge on any atom is -0.507 e. The number of benzene rings is 1. The van der Waals surface area contributed by atoms with E-state index in [0.29, 0.717) is 18.5 Å². The van der Waals surface area contributed by atoms with Gasteiger partial charge in [0, 0.05) is 13.0 Å². The number of nitrogens with one attached hydrogen (secondary N) is 1. The van der Waals surface area contributed by atoms with Crippen LogP contribution < -0.4 is 5.32 Å². The van der Waals surface area contributed by atoms with Gasteiger partial charge in [-0.2, -0.15) is 0 Å². The molecular formula is C16H23NO4. The highest BCUT2D eigenvalue weighted by Gasteiger charge is 2.10. The molecule has 3 N–H and O–H groups in total. The monoisotopic (exact) mass is 293 g/mol. The fourth-order valence-electron chi connectivity index (χ4n) is 2.06. The predicted octanol–water partition coefficient (Wildman–Crippen LogP) is 2.86. The number of carboxylic acid groups (broad SMARTS) is 1. The smallest absolute Gasteiger partial charge is 0.303 e. The molecule has 1 aromatic carbocycles. The number of aryl methyl sites for hydroxylation is 1. The Balaban J connectivity index is 2.16. The van der Waals surface area contributed by atoms with Gasteiger partial charge in [-0.15, -0.1) is 0 Å². The van der Waals surface area contributed by atoms with Crippen LogP contribution in [0.25, 0.3) is 0 Å². The summed E-state index contributed by atoms with van der Waals surface area (Å²) in [4.78, 5) is 22.2. The first kappa shape index (κ1) is 17.0. The van der Waals surface area contributed by atoms with Crippen molar-refractivity contribution in [3.05, 3.63) is 29.3 Å². The number of unbranched alkanes of at least 4 members (excludes halogenated alkanes) is 4. The molecule has 1 aromatic rings. The Morgan fingerprint density at radius 2 is 1.76 bits per heavy atom. The van der Waals surface area contributed by atoms with Crippen molar-refractivity contribution in [2.75, 3.05) is 6.54 Å². The van der Waals surface area contributed by atoms with Crippen molar-refractivity contribution in [1.82, 2.24) is 5.32 Å². The van der Waals surface area contributed by atoms with Crippen LogP contribution in [0.2, 0.25) is 0 Å². The summed E-state index contributed by atoms with van der Waals surface area (Å²) in [5.41, 5.74) is 1.23. The van der Waals surface area contributed by atoms with Gasteiger partial charge in [0.15, 0.2) is 0 Å². The Kier molecular flexibility index (Phi) is 7.29. The van der Waals surface area contributed by atoms with Gasteiger partial charge < -0.3 is 15.5 Å². The molecule has 0 bridgehead atoms. The number of carbonyl (C=O) groups excluding carboxylic acids is 1. The minimum atomic E-state index is -0.750. The Hall–Kier alpha value is -2.04. The van der Waals surface area contributed by atoms with Crippen molar-refractivity contribution in [3.63, 3.8) is 0 Å². The van der Waals surface area contributed by atoms with Crippen LogP contribution in [-0.2, 0) is 4.79 Å². The molecule has 0 atom stereocenters. The molecule has 116 valence electrons. The molecular weight excluding hydrogens is 270 g/mol. The van der Waals surface area contributed by atoms with E-state index in [-0.39, 0.29) is 18.1 Å². The van der Waals surface area contributed by atoms with Crippen molar-refractivity contribution in [2.24, 2.45) is 0 Å². The van der Waals surface area contributed by atoms with Crippen LogP contribution in [0.1, 0.15) is 54.4 Å². The fraction of sp³-hybridized carbons (Fsp3) is 0.500. The van der Waals surface area contributed by atoms with Gasteiger partial charge in [-0.3, -0.25) is 9.59 Å². The first-order valence-electron chi connectivity index (χ1n) is 7.30. The van der Waals surface area contributed by atoms with Crippen LogP contribution in [-0.4, -0.2) is 28.6 Å². The molecule has 0 saturated heterocycles. The van der Waals surface area contributed by atoms with E-state index in [2.05, 4.69) is 5.32 Å². The summed E-state index contributed by atoms with van der Waals surface area (Å²) >= 11 is 0. The maximum atomic E-state index is 11.9. The third-order valence-electron chi connectivity index (χ3n) is 3.25. The SMILES string of the molecule is Cc1ccc(O)c(C(=O)NCCCCCCCC(=O)O)c1. The van der Waals surface area contributed by atoms with E-state index in [0.717, 1.165) is 31.2 Å². The average Bonchev–Trinajstić information content (AvgIpc) is 2.43. The molecule has 0 aliphatic carbocycles. The number of hydrogen-bond acceptors (Lipinski definition) is 3. The number of aromatic hydroxyl groups is 1. The Morgan fingerprint density at radius 3 is 2.48 bits per heavy atom. The van der Waals surface area contributed by atoms with Gasteiger partial charge >= 0.3 is 5.97 Å². The zero-order valence-electron chi connectivity index (χ0n) is 12.4. The standard InChI is InChI=1S/C16H23NO4/c1-12-8-9-14(18)13(11-12)16(21)17-10-6-4-2-3-5-7-15(19)20/h8-9,11,18H,2-7,10H2,1H3,(H,17,21)(H,19,20). The van der Waals surface area contributed by atoms with Crippen LogP contribution in [0, 0.1) is 6.92 Å². The van der Waals surface area contributed by atoms with Gasteiger partial charge in [-0.1, -0.05) is 30.9 Å². The average molecular weight is 293 g/mol. The van der Waals surface area contributed by atoms with E-state index in [1.165, 1.54) is 6.07 Å². The summed E-state index contributed by atoms with van der Waals surface area (Å²) in [6, 6.07) is 4.94. The molecule has 1 amide bonds. The topological polar surface area (TPSA) is 86.6 Å². The number of hydrogen-bond donors (Lipinski definition) is 3. The van der Waals surface area contributed by atoms with E-state index in [1.54, 1.807) is 12.1 Å². The van der Waals surface area contributed by atoms with Crippen LogP contribution in [0.4, 0.5) is 0 Å². The quantitative estimate of drug-likeness (QED) is 0.611. The lowest BCUT2D eigenvalue weighted by Gasteiger charge is -2.07. The third-order valence-corrected chi connectivity index (χ3v) is 3.25. The molecule has 0 heterocycles. The highest BCUT2D eigenvalue weighted by atomic mass is 16.4. The van der Waals surface area contributed by atoms with Gasteiger partial charge in [0.1, 0.15) is 5.75 Å². The number of aliphatic carboxylic acids is 1. The predicted molar refractivity (Wildman–Crippen MR) is 80.5 cm³/mol. The number of phenols is 1. The first-order chi connectivity index (χ1) is 10.0. The molecule has 0 unspecified atom stereocenters. The lowest BCUT2D eigenvalue weighted by atomic mass is 10.1. The molecule has 0 aromatic heterocycles. The summed E-state index contributed by atoms with van der Waals surface area (Å²) in [5, 5.41) is 20.9. The van der Waals surface area contributed by atoms with E-state index in [1.807, 2.05) is 6.92 Å². The molecule has 0 saturated carbocycles. The van der Waals surface area contributed by atoms with Crippen LogP contribution in [0.5, 0.6) is 5.75 Å². The summed E-state index contributed by atoms with van der Waals surface area (Å²) in [6.45, 7) is 2.43. The first-order valence-corrected chi connectivity index (χ1v) is 7.30. The van der Waals surface area contributed by atoms with Crippen LogP contribution >= 0.6 is 0 Å². The summed E-state index contributed by atoms with van der Waals surface area (Å²) < 4.78 is 0. The van der Waals surface area contributed by atoms with Crippen molar-refractivity contribution in [3.8, 4) is 5.75 Å². The van der Waals surface area contributed by atoms with E-state index in [4.69, 9.17) is 5.11 Å². The fourth-order valence-corrected chi connectivity index (χ4v) is 2.06. The van der Waals surface area contributed by atoms with E-state index >= 15 is 0 Å². The second kappa shape index (κ2) is 9.00. The number of carboxylic acids is 1. The van der Waals surface area contributed by atoms with Crippen molar-refractivity contribution in [2.45, 2.75) is 45.4 Å². The Bertz CT molecular complexity index is 485. The molecule has 0 aliphatic heterocycles. The van der Waals surface area contributed by atoms with Crippen molar-refractivity contribution < 1.29 is 19.8 Å². The molecule has 1 rings (SSSR count). The zero-order chi connectivity index (χ0) is 15.7. The summed E-state index contributed by atoms with van der Waals surface area (Å²) in [7, 11) is 0. The number of phenolic OH excluding ortho intramolecular Hbond substituents is 1. The van der Waals surface area contributed by atoms with Gasteiger partial charge in [0.2, 0.25) is 0 Å². The van der Waals surface area contributed by atoms with Gasteiger partial charge in [0.25, 0.3) is 5.91 Å². The van der Waals surface area contributed by atoms with E-state index < -0.39 is 5.97 Å². The highest BCUT2D eigenvalue weighted by Crippen LogP contribution is 2.17. The van der Waals surface area contributed by atoms with Gasteiger partial charge in [-0.25, -0.2) is 0 Å². The molecule has 5 nitrogen and oxygen atoms in total. The summed E-state index contributed by atoms with van der Waals surface area (Å²) in [6.07, 6.45) is 4.62. The van der Waals surface area contributed by atoms with Gasteiger partial charge in [-0.05, 0) is 31.9 Å². The third kappa shape index (κ3) is 6.79. The Morgan fingerprint density at radius 1 is 1.10 bits per heavy atom. The molecule has 5 heteroatoms. The number of rotatable bonds is 9. The summed E-state index contributed by atoms with van der Waals surface area (Å²) in [5.74, 6) is -1.02. The molecule has 0 radical (unpaired) electrons. The second-order valence-corrected chi connectivity index (χ2v) is 5.19. The zero-order valence-corrected chi connectivity index (χ0v) is 12.4. The van der Waals surface area contributed by atoms with Crippen LogP contribution in [0.15, 0.2) is 18.2 Å². The van der Waals surface area contributed by atoms with Crippen LogP contribution in [0.3, 0.4) is 0 Å². The van der Waals surface area contributed by atoms with Crippen molar-refractivity contribution in [1.29, 1.82) is 0 Å². The maximum absolute atomic E-state index is 11.9. The Labute approximate surface area is 125 Å². The normalized spacial score (nSPS) is 10.3. The molecule has 0 fully saturated rings. The second-order valence-electron chi connectivity index (χ2n) is 5.19. The molecule has 0 spiro atoms. The number of carbonyl (C=O) groups is 2. The largest absolute Gasteiger partial charge is 0.507 e. The highest BCUT2D eigenvalue weighted by molar-refractivity contribution is 5.96. The van der Waals surface area contributed by atoms with Gasteiger partial charge in [0.05, 0.1) is 5.56 Å². The van der Waals surface area contributed by atoms with Crippen molar-refractivity contribution >= 4 is 11.9 Å².